The van der Waals surface area contributed by atoms with E-state index in [2.05, 4.69) is 24.0 Å². The highest BCUT2D eigenvalue weighted by Gasteiger charge is 2.08. The van der Waals surface area contributed by atoms with Gasteiger partial charge in [0.15, 0.2) is 0 Å². The van der Waals surface area contributed by atoms with Gasteiger partial charge in [0.1, 0.15) is 0 Å². The number of nitrogens with one attached hydrogen (secondary N) is 1. The van der Waals surface area contributed by atoms with Crippen LogP contribution in [0.5, 0.6) is 0 Å². The molecule has 1 aromatic carbocycles. The molecule has 2 rings (SSSR count). The van der Waals surface area contributed by atoms with Crippen LogP contribution >= 0.6 is 0 Å². The average Bonchev–Trinajstić information content (AvgIpc) is 2.64. The largest absolute Gasteiger partial charge is 0.434 e. The number of H-pyrrole nitrogens is 1. The first-order valence-electron chi connectivity index (χ1n) is 5.24. The molecule has 0 saturated heterocycles. The molecule has 0 aliphatic carbocycles. The molecule has 1 N–H and O–H groups in total. The monoisotopic (exact) mass is 218 g/mol. The number of aromatic amines is 1. The highest BCUT2D eigenvalue weighted by atomic mass is 16.4. The van der Waals surface area contributed by atoms with E-state index in [-0.39, 0.29) is 0 Å². The van der Waals surface area contributed by atoms with E-state index in [1.807, 2.05) is 25.1 Å². The molecule has 0 spiro atoms. The van der Waals surface area contributed by atoms with Gasteiger partial charge in [-0.15, -0.1) is 5.10 Å². The Kier molecular flexibility index (Phi) is 2.64. The minimum Gasteiger partial charge on any atom is -0.388 e. The summed E-state index contributed by atoms with van der Waals surface area (Å²) < 4.78 is 4.90. The second-order valence-electron chi connectivity index (χ2n) is 4.14. The molecule has 0 amide bonds. The van der Waals surface area contributed by atoms with Crippen molar-refractivity contribution in [1.29, 1.82) is 0 Å². The van der Waals surface area contributed by atoms with Crippen LogP contribution in [0.3, 0.4) is 0 Å². The van der Waals surface area contributed by atoms with E-state index in [1.165, 1.54) is 11.1 Å². The van der Waals surface area contributed by atoms with Crippen LogP contribution in [0, 0.1) is 6.92 Å². The van der Waals surface area contributed by atoms with Crippen LogP contribution in [0.1, 0.15) is 30.9 Å². The lowest BCUT2D eigenvalue weighted by Gasteiger charge is -2.09. The van der Waals surface area contributed by atoms with E-state index in [4.69, 9.17) is 4.42 Å². The van der Waals surface area contributed by atoms with Gasteiger partial charge in [0.05, 0.1) is 0 Å². The summed E-state index contributed by atoms with van der Waals surface area (Å²) in [5.41, 5.74) is 3.29. The van der Waals surface area contributed by atoms with Crippen LogP contribution in [-0.4, -0.2) is 10.2 Å². The van der Waals surface area contributed by atoms with Gasteiger partial charge in [-0.05, 0) is 36.1 Å². The zero-order valence-electron chi connectivity index (χ0n) is 9.57. The molecule has 4 heteroatoms. The standard InChI is InChI=1S/C12H14N2O2/c1-7(2)10-5-4-9(6-8(10)3)11-13-14-12(15)16-11/h4-7H,1-3H3,(H,14,15). The average molecular weight is 218 g/mol. The van der Waals surface area contributed by atoms with E-state index in [1.54, 1.807) is 0 Å². The van der Waals surface area contributed by atoms with E-state index in [9.17, 15) is 4.79 Å². The van der Waals surface area contributed by atoms with Crippen LogP contribution in [0.2, 0.25) is 0 Å². The zero-order chi connectivity index (χ0) is 11.7. The molecule has 0 atom stereocenters. The number of nitrogens with zero attached hydrogens (tertiary/aromatic N) is 1. The van der Waals surface area contributed by atoms with Gasteiger partial charge in [-0.25, -0.2) is 9.89 Å². The quantitative estimate of drug-likeness (QED) is 0.842. The molecule has 0 aliphatic heterocycles. The van der Waals surface area contributed by atoms with E-state index in [0.717, 1.165) is 5.56 Å². The molecule has 0 bridgehead atoms. The van der Waals surface area contributed by atoms with Crippen molar-refractivity contribution in [2.75, 3.05) is 0 Å². The van der Waals surface area contributed by atoms with Crippen molar-refractivity contribution >= 4 is 0 Å². The fraction of sp³-hybridized carbons (Fsp3) is 0.333. The second kappa shape index (κ2) is 3.96. The summed E-state index contributed by atoms with van der Waals surface area (Å²) in [7, 11) is 0. The first-order valence-corrected chi connectivity index (χ1v) is 5.24. The molecule has 1 aromatic heterocycles. The molecule has 1 heterocycles. The Morgan fingerprint density at radius 2 is 2.12 bits per heavy atom. The number of aromatic nitrogens is 2. The van der Waals surface area contributed by atoms with Crippen LogP contribution in [0.25, 0.3) is 11.5 Å². The second-order valence-corrected chi connectivity index (χ2v) is 4.14. The third kappa shape index (κ3) is 1.91. The lowest BCUT2D eigenvalue weighted by molar-refractivity contribution is 0.527. The first-order chi connectivity index (χ1) is 7.58. The number of aryl methyl sites for hydroxylation is 1. The predicted molar refractivity (Wildman–Crippen MR) is 61.4 cm³/mol. The predicted octanol–water partition coefficient (Wildman–Crippen LogP) is 2.46. The van der Waals surface area contributed by atoms with Gasteiger partial charge in [-0.1, -0.05) is 19.9 Å². The van der Waals surface area contributed by atoms with Gasteiger partial charge in [0, 0.05) is 5.56 Å². The molecular weight excluding hydrogens is 204 g/mol. The molecule has 0 radical (unpaired) electrons. The molecular formula is C12H14N2O2. The van der Waals surface area contributed by atoms with E-state index >= 15 is 0 Å². The van der Waals surface area contributed by atoms with Gasteiger partial charge >= 0.3 is 5.76 Å². The van der Waals surface area contributed by atoms with Gasteiger partial charge in [0.25, 0.3) is 0 Å². The van der Waals surface area contributed by atoms with Crippen LogP contribution in [0.4, 0.5) is 0 Å². The van der Waals surface area contributed by atoms with Crippen LogP contribution in [0.15, 0.2) is 27.4 Å². The summed E-state index contributed by atoms with van der Waals surface area (Å²) in [6, 6.07) is 5.94. The third-order valence-corrected chi connectivity index (χ3v) is 2.58. The van der Waals surface area contributed by atoms with Crippen LogP contribution < -0.4 is 5.76 Å². The maximum absolute atomic E-state index is 10.8. The van der Waals surface area contributed by atoms with E-state index < -0.39 is 5.76 Å². The Hall–Kier alpha value is -1.84. The molecule has 84 valence electrons. The summed E-state index contributed by atoms with van der Waals surface area (Å²) >= 11 is 0. The molecule has 4 nitrogen and oxygen atoms in total. The Labute approximate surface area is 93.3 Å². The lowest BCUT2D eigenvalue weighted by atomic mass is 9.96. The molecule has 0 aliphatic rings. The molecule has 2 aromatic rings. The maximum Gasteiger partial charge on any atom is 0.434 e. The summed E-state index contributed by atoms with van der Waals surface area (Å²) in [4.78, 5) is 10.8. The molecule has 0 saturated carbocycles. The molecule has 16 heavy (non-hydrogen) atoms. The number of hydrogen-bond donors (Lipinski definition) is 1. The van der Waals surface area contributed by atoms with E-state index in [0.29, 0.717) is 11.8 Å². The van der Waals surface area contributed by atoms with Gasteiger partial charge in [-0.2, -0.15) is 0 Å². The SMILES string of the molecule is Cc1cc(-c2n[nH]c(=O)o2)ccc1C(C)C. The zero-order valence-corrected chi connectivity index (χ0v) is 9.57. The fourth-order valence-electron chi connectivity index (χ4n) is 1.81. The van der Waals surface area contributed by atoms with Gasteiger partial charge < -0.3 is 4.42 Å². The summed E-state index contributed by atoms with van der Waals surface area (Å²) in [6.07, 6.45) is 0. The van der Waals surface area contributed by atoms with Crippen molar-refractivity contribution in [3.63, 3.8) is 0 Å². The Bertz CT molecular complexity index is 552. The van der Waals surface area contributed by atoms with Gasteiger partial charge in [-0.3, -0.25) is 0 Å². The normalized spacial score (nSPS) is 11.0. The lowest BCUT2D eigenvalue weighted by Crippen LogP contribution is -1.93. The number of hydrogen-bond acceptors (Lipinski definition) is 3. The van der Waals surface area contributed by atoms with Crippen LogP contribution in [-0.2, 0) is 0 Å². The van der Waals surface area contributed by atoms with Crippen molar-refractivity contribution in [2.24, 2.45) is 0 Å². The number of rotatable bonds is 2. The smallest absolute Gasteiger partial charge is 0.388 e. The number of benzene rings is 1. The fourth-order valence-corrected chi connectivity index (χ4v) is 1.81. The highest BCUT2D eigenvalue weighted by molar-refractivity contribution is 5.55. The first kappa shape index (κ1) is 10.7. The topological polar surface area (TPSA) is 58.9 Å². The maximum atomic E-state index is 10.8. The van der Waals surface area contributed by atoms with Crippen molar-refractivity contribution in [2.45, 2.75) is 26.7 Å². The minimum atomic E-state index is -0.527. The molecule has 0 unspecified atom stereocenters. The van der Waals surface area contributed by atoms with Crippen molar-refractivity contribution in [3.8, 4) is 11.5 Å². The summed E-state index contributed by atoms with van der Waals surface area (Å²) in [5.74, 6) is 0.296. The highest BCUT2D eigenvalue weighted by Crippen LogP contribution is 2.24. The Balaban J connectivity index is 2.45. The summed E-state index contributed by atoms with van der Waals surface area (Å²) in [6.45, 7) is 6.34. The van der Waals surface area contributed by atoms with Crippen molar-refractivity contribution < 1.29 is 4.42 Å². The van der Waals surface area contributed by atoms with Gasteiger partial charge in [0.2, 0.25) is 5.89 Å². The minimum absolute atomic E-state index is 0.336. The third-order valence-electron chi connectivity index (χ3n) is 2.58. The summed E-state index contributed by atoms with van der Waals surface area (Å²) in [5, 5.41) is 6.05. The Morgan fingerprint density at radius 1 is 1.38 bits per heavy atom. The molecule has 0 fully saturated rings. The van der Waals surface area contributed by atoms with Crippen molar-refractivity contribution in [1.82, 2.24) is 10.2 Å². The Morgan fingerprint density at radius 3 is 2.62 bits per heavy atom. The van der Waals surface area contributed by atoms with Crippen molar-refractivity contribution in [3.05, 3.63) is 39.9 Å².